The van der Waals surface area contributed by atoms with Crippen molar-refractivity contribution in [3.8, 4) is 17.3 Å². The molecule has 0 saturated heterocycles. The Balaban J connectivity index is 2.01. The Hall–Kier alpha value is -2.12. The van der Waals surface area contributed by atoms with Crippen molar-refractivity contribution in [2.75, 3.05) is 0 Å². The number of nitriles is 1. The van der Waals surface area contributed by atoms with Crippen LogP contribution < -0.4 is 0 Å². The third kappa shape index (κ3) is 3.46. The number of thiazole rings is 1. The lowest BCUT2D eigenvalue weighted by molar-refractivity contribution is 1.37. The molecule has 0 atom stereocenters. The molecule has 2 aromatic carbocycles. The zero-order valence-electron chi connectivity index (χ0n) is 11.8. The molecule has 3 aromatic rings. The van der Waals surface area contributed by atoms with Crippen molar-refractivity contribution in [3.63, 3.8) is 0 Å². The fraction of sp³-hybridized carbons (Fsp3) is 0. The molecule has 0 saturated carbocycles. The lowest BCUT2D eigenvalue weighted by Crippen LogP contribution is -1.84. The summed E-state index contributed by atoms with van der Waals surface area (Å²) >= 11 is 13.7. The molecule has 5 heteroatoms. The summed E-state index contributed by atoms with van der Waals surface area (Å²) in [5.41, 5.74) is 2.93. The van der Waals surface area contributed by atoms with Gasteiger partial charge in [-0.1, -0.05) is 59.6 Å². The van der Waals surface area contributed by atoms with Gasteiger partial charge in [0.2, 0.25) is 0 Å². The van der Waals surface area contributed by atoms with Crippen LogP contribution in [0, 0.1) is 11.3 Å². The van der Waals surface area contributed by atoms with Crippen molar-refractivity contribution in [1.29, 1.82) is 5.26 Å². The van der Waals surface area contributed by atoms with Crippen LogP contribution in [0.4, 0.5) is 0 Å². The average Bonchev–Trinajstić information content (AvgIpc) is 3.05. The number of benzene rings is 2. The van der Waals surface area contributed by atoms with Crippen LogP contribution in [0.3, 0.4) is 0 Å². The summed E-state index contributed by atoms with van der Waals surface area (Å²) in [6.07, 6.45) is 1.68. The van der Waals surface area contributed by atoms with Gasteiger partial charge in [-0.2, -0.15) is 5.26 Å². The van der Waals surface area contributed by atoms with Crippen molar-refractivity contribution in [1.82, 2.24) is 4.98 Å². The van der Waals surface area contributed by atoms with Gasteiger partial charge in [0.15, 0.2) is 0 Å². The van der Waals surface area contributed by atoms with E-state index in [4.69, 9.17) is 23.2 Å². The molecule has 23 heavy (non-hydrogen) atoms. The summed E-state index contributed by atoms with van der Waals surface area (Å²) in [7, 11) is 0. The van der Waals surface area contributed by atoms with E-state index in [-0.39, 0.29) is 0 Å². The van der Waals surface area contributed by atoms with Gasteiger partial charge in [-0.15, -0.1) is 11.3 Å². The molecule has 0 bridgehead atoms. The van der Waals surface area contributed by atoms with E-state index >= 15 is 0 Å². The second kappa shape index (κ2) is 6.97. The second-order valence-corrected chi connectivity index (χ2v) is 6.38. The summed E-state index contributed by atoms with van der Waals surface area (Å²) in [4.78, 5) is 4.55. The fourth-order valence-electron chi connectivity index (χ4n) is 2.07. The van der Waals surface area contributed by atoms with Gasteiger partial charge in [-0.3, -0.25) is 0 Å². The predicted molar refractivity (Wildman–Crippen MR) is 97.5 cm³/mol. The number of aromatic nitrogens is 1. The van der Waals surface area contributed by atoms with Crippen molar-refractivity contribution in [2.24, 2.45) is 0 Å². The lowest BCUT2D eigenvalue weighted by atomic mass is 10.1. The quantitative estimate of drug-likeness (QED) is 0.525. The SMILES string of the molecule is N#C/C(=C/c1c(Cl)cccc1Cl)c1nc(-c2ccccc2)cs1. The van der Waals surface area contributed by atoms with Crippen LogP contribution in [0.1, 0.15) is 10.6 Å². The topological polar surface area (TPSA) is 36.7 Å². The minimum atomic E-state index is 0.437. The zero-order chi connectivity index (χ0) is 16.2. The molecule has 0 fully saturated rings. The van der Waals surface area contributed by atoms with Crippen LogP contribution in [0.5, 0.6) is 0 Å². The Labute approximate surface area is 148 Å². The molecule has 0 N–H and O–H groups in total. The van der Waals surface area contributed by atoms with Crippen LogP contribution in [0.15, 0.2) is 53.9 Å². The highest BCUT2D eigenvalue weighted by atomic mass is 35.5. The zero-order valence-corrected chi connectivity index (χ0v) is 14.2. The van der Waals surface area contributed by atoms with Gasteiger partial charge in [-0.05, 0) is 18.2 Å². The van der Waals surface area contributed by atoms with Gasteiger partial charge in [0.05, 0.1) is 11.3 Å². The van der Waals surface area contributed by atoms with Crippen LogP contribution in [0.25, 0.3) is 22.9 Å². The number of rotatable bonds is 3. The van der Waals surface area contributed by atoms with Gasteiger partial charge >= 0.3 is 0 Å². The minimum absolute atomic E-state index is 0.437. The molecular weight excluding hydrogens is 347 g/mol. The van der Waals surface area contributed by atoms with E-state index in [1.807, 2.05) is 35.7 Å². The minimum Gasteiger partial charge on any atom is -0.235 e. The molecule has 112 valence electrons. The van der Waals surface area contributed by atoms with E-state index in [2.05, 4.69) is 11.1 Å². The van der Waals surface area contributed by atoms with Crippen LogP contribution >= 0.6 is 34.5 Å². The Morgan fingerprint density at radius 3 is 2.39 bits per heavy atom. The van der Waals surface area contributed by atoms with E-state index < -0.39 is 0 Å². The summed E-state index contributed by atoms with van der Waals surface area (Å²) < 4.78 is 0. The normalized spacial score (nSPS) is 11.3. The van der Waals surface area contributed by atoms with E-state index in [0.717, 1.165) is 11.3 Å². The van der Waals surface area contributed by atoms with E-state index in [9.17, 15) is 5.26 Å². The molecule has 1 aromatic heterocycles. The smallest absolute Gasteiger partial charge is 0.134 e. The number of nitrogens with zero attached hydrogens (tertiary/aromatic N) is 2. The second-order valence-electron chi connectivity index (χ2n) is 4.71. The molecule has 1 heterocycles. The molecule has 0 spiro atoms. The molecule has 0 aliphatic rings. The third-order valence-corrected chi connectivity index (χ3v) is 4.75. The van der Waals surface area contributed by atoms with Gasteiger partial charge in [0, 0.05) is 26.6 Å². The van der Waals surface area contributed by atoms with Crippen LogP contribution in [-0.2, 0) is 0 Å². The summed E-state index contributed by atoms with van der Waals surface area (Å²) in [6.45, 7) is 0. The Morgan fingerprint density at radius 1 is 1.04 bits per heavy atom. The van der Waals surface area contributed by atoms with Crippen molar-refractivity contribution in [2.45, 2.75) is 0 Å². The maximum atomic E-state index is 9.46. The van der Waals surface area contributed by atoms with Gasteiger partial charge in [-0.25, -0.2) is 4.98 Å². The fourth-order valence-corrected chi connectivity index (χ4v) is 3.37. The molecule has 0 aliphatic carbocycles. The Kier molecular flexibility index (Phi) is 4.78. The van der Waals surface area contributed by atoms with Gasteiger partial charge < -0.3 is 0 Å². The first kappa shape index (κ1) is 15.8. The van der Waals surface area contributed by atoms with E-state index in [1.165, 1.54) is 11.3 Å². The average molecular weight is 357 g/mol. The molecule has 2 nitrogen and oxygen atoms in total. The molecule has 0 aliphatic heterocycles. The first-order chi connectivity index (χ1) is 11.2. The molecular formula is C18H10Cl2N2S. The summed E-state index contributed by atoms with van der Waals surface area (Å²) in [5.74, 6) is 0. The summed E-state index contributed by atoms with van der Waals surface area (Å²) in [5, 5.41) is 13.0. The highest BCUT2D eigenvalue weighted by molar-refractivity contribution is 7.11. The van der Waals surface area contributed by atoms with Crippen molar-refractivity contribution in [3.05, 3.63) is 74.5 Å². The predicted octanol–water partition coefficient (Wildman–Crippen LogP) is 6.18. The Bertz CT molecular complexity index is 888. The number of halogens is 2. The number of hydrogen-bond acceptors (Lipinski definition) is 3. The molecule has 0 amide bonds. The van der Waals surface area contributed by atoms with Crippen molar-refractivity contribution >= 4 is 46.2 Å². The Morgan fingerprint density at radius 2 is 1.74 bits per heavy atom. The molecule has 0 radical (unpaired) electrons. The maximum Gasteiger partial charge on any atom is 0.134 e. The van der Waals surface area contributed by atoms with Crippen molar-refractivity contribution < 1.29 is 0 Å². The lowest BCUT2D eigenvalue weighted by Gasteiger charge is -2.02. The largest absolute Gasteiger partial charge is 0.235 e. The highest BCUT2D eigenvalue weighted by Gasteiger charge is 2.11. The molecule has 0 unspecified atom stereocenters. The standard InChI is InChI=1S/C18H10Cl2N2S/c19-15-7-4-8-16(20)14(15)9-13(10-21)18-22-17(11-23-18)12-5-2-1-3-6-12/h1-9,11H/b13-9-. The number of allylic oxidation sites excluding steroid dienone is 1. The molecule has 3 rings (SSSR count). The monoisotopic (exact) mass is 356 g/mol. The number of hydrogen-bond donors (Lipinski definition) is 0. The third-order valence-electron chi connectivity index (χ3n) is 3.21. The van der Waals surface area contributed by atoms with Gasteiger partial charge in [0.25, 0.3) is 0 Å². The first-order valence-electron chi connectivity index (χ1n) is 6.76. The van der Waals surface area contributed by atoms with Gasteiger partial charge in [0.1, 0.15) is 11.1 Å². The maximum absolute atomic E-state index is 9.46. The van der Waals surface area contributed by atoms with Crippen LogP contribution in [-0.4, -0.2) is 4.98 Å². The van der Waals surface area contributed by atoms with E-state index in [0.29, 0.717) is 26.2 Å². The highest BCUT2D eigenvalue weighted by Crippen LogP contribution is 2.31. The van der Waals surface area contributed by atoms with Crippen LogP contribution in [0.2, 0.25) is 10.0 Å². The van der Waals surface area contributed by atoms with E-state index in [1.54, 1.807) is 24.3 Å². The summed E-state index contributed by atoms with van der Waals surface area (Å²) in [6, 6.07) is 17.3. The first-order valence-corrected chi connectivity index (χ1v) is 8.39.